The molecule has 0 saturated carbocycles. The summed E-state index contributed by atoms with van der Waals surface area (Å²) < 4.78 is 11.4. The van der Waals surface area contributed by atoms with Gasteiger partial charge in [-0.15, -0.1) is 11.3 Å². The van der Waals surface area contributed by atoms with E-state index in [4.69, 9.17) is 9.47 Å². The van der Waals surface area contributed by atoms with Crippen molar-refractivity contribution in [2.75, 3.05) is 18.9 Å². The molecule has 1 aromatic heterocycles. The van der Waals surface area contributed by atoms with E-state index in [0.717, 1.165) is 42.9 Å². The normalized spacial score (nSPS) is 20.3. The molecule has 1 fully saturated rings. The van der Waals surface area contributed by atoms with Gasteiger partial charge < -0.3 is 14.6 Å². The first-order valence-corrected chi connectivity index (χ1v) is 13.8. The summed E-state index contributed by atoms with van der Waals surface area (Å²) in [5, 5.41) is 12.3. The Balaban J connectivity index is 1.83. The van der Waals surface area contributed by atoms with E-state index in [1.165, 1.54) is 23.1 Å². The number of thioether (sulfide) groups is 1. The lowest BCUT2D eigenvalue weighted by molar-refractivity contribution is 0.0490. The van der Waals surface area contributed by atoms with Crippen LogP contribution in [-0.4, -0.2) is 63.7 Å². The standard InChI is InChI=1S/C24H38N2O5S2/c1-5-7-9-12-24(4,29)13-10-11-20-18(3)31-23(28)26(20)14-16-32-22-25-19(17-33-22)21(27)30-15-8-6-2/h10-11,17-18,20,29H,5-9,12-16H2,1-4H3. The summed E-state index contributed by atoms with van der Waals surface area (Å²) in [6.45, 7) is 8.86. The van der Waals surface area contributed by atoms with Crippen LogP contribution in [0.4, 0.5) is 4.79 Å². The molecule has 0 aliphatic carbocycles. The molecule has 1 saturated heterocycles. The number of carbonyl (C=O) groups is 2. The van der Waals surface area contributed by atoms with Gasteiger partial charge in [0.05, 0.1) is 18.2 Å². The fourth-order valence-corrected chi connectivity index (χ4v) is 5.33. The zero-order chi connectivity index (χ0) is 24.3. The molecule has 1 aromatic rings. The lowest BCUT2D eigenvalue weighted by Crippen LogP contribution is -2.36. The Kier molecular flexibility index (Phi) is 11.7. The molecule has 186 valence electrons. The summed E-state index contributed by atoms with van der Waals surface area (Å²) in [5.74, 6) is 0.248. The molecule has 0 radical (unpaired) electrons. The van der Waals surface area contributed by atoms with Crippen LogP contribution < -0.4 is 0 Å². The SMILES string of the molecule is CCCCCC(C)(O)CC=CC1C(C)OC(=O)N1CCSc1nc(C(=O)OCCCC)cs1. The highest BCUT2D eigenvalue weighted by atomic mass is 32.2. The van der Waals surface area contributed by atoms with Gasteiger partial charge in [-0.2, -0.15) is 0 Å². The molecule has 3 unspecified atom stereocenters. The monoisotopic (exact) mass is 498 g/mol. The van der Waals surface area contributed by atoms with Crippen molar-refractivity contribution in [1.29, 1.82) is 0 Å². The van der Waals surface area contributed by atoms with Crippen LogP contribution in [0.2, 0.25) is 0 Å². The highest BCUT2D eigenvalue weighted by molar-refractivity contribution is 8.01. The number of amides is 1. The Hall–Kier alpha value is -1.58. The number of hydrogen-bond acceptors (Lipinski definition) is 8. The summed E-state index contributed by atoms with van der Waals surface area (Å²) in [7, 11) is 0. The number of aliphatic hydroxyl groups is 1. The lowest BCUT2D eigenvalue weighted by Gasteiger charge is -2.23. The topological polar surface area (TPSA) is 89.0 Å². The minimum atomic E-state index is -0.737. The van der Waals surface area contributed by atoms with Gasteiger partial charge in [0.15, 0.2) is 10.0 Å². The van der Waals surface area contributed by atoms with Crippen LogP contribution in [0.1, 0.15) is 83.1 Å². The average molecular weight is 499 g/mol. The number of thiazole rings is 1. The Bertz CT molecular complexity index is 781. The highest BCUT2D eigenvalue weighted by Crippen LogP contribution is 2.26. The van der Waals surface area contributed by atoms with Gasteiger partial charge in [-0.1, -0.05) is 63.4 Å². The summed E-state index contributed by atoms with van der Waals surface area (Å²) in [4.78, 5) is 30.4. The van der Waals surface area contributed by atoms with Crippen molar-refractivity contribution in [3.63, 3.8) is 0 Å². The largest absolute Gasteiger partial charge is 0.461 e. The molecule has 0 aromatic carbocycles. The van der Waals surface area contributed by atoms with Gasteiger partial charge in [0, 0.05) is 17.7 Å². The van der Waals surface area contributed by atoms with Crippen molar-refractivity contribution in [3.8, 4) is 0 Å². The maximum atomic E-state index is 12.3. The second-order valence-corrected chi connectivity index (χ2v) is 10.9. The quantitative estimate of drug-likeness (QED) is 0.144. The average Bonchev–Trinajstić information content (AvgIpc) is 3.33. The predicted molar refractivity (Wildman–Crippen MR) is 133 cm³/mol. The van der Waals surface area contributed by atoms with Gasteiger partial charge >= 0.3 is 12.1 Å². The molecular formula is C24H38N2O5S2. The van der Waals surface area contributed by atoms with Crippen molar-refractivity contribution < 1.29 is 24.2 Å². The fraction of sp³-hybridized carbons (Fsp3) is 0.708. The van der Waals surface area contributed by atoms with Crippen LogP contribution in [0.5, 0.6) is 0 Å². The van der Waals surface area contributed by atoms with E-state index in [2.05, 4.69) is 11.9 Å². The van der Waals surface area contributed by atoms with Crippen LogP contribution in [0, 0.1) is 0 Å². The molecule has 2 rings (SSSR count). The van der Waals surface area contributed by atoms with E-state index < -0.39 is 5.60 Å². The molecule has 9 heteroatoms. The Labute approximate surface area is 205 Å². The van der Waals surface area contributed by atoms with Crippen LogP contribution in [0.3, 0.4) is 0 Å². The number of cyclic esters (lactones) is 1. The van der Waals surface area contributed by atoms with E-state index in [-0.39, 0.29) is 24.2 Å². The van der Waals surface area contributed by atoms with Crippen molar-refractivity contribution in [2.45, 2.75) is 94.7 Å². The lowest BCUT2D eigenvalue weighted by atomic mass is 9.94. The number of carbonyl (C=O) groups excluding carboxylic acids is 2. The molecule has 2 heterocycles. The van der Waals surface area contributed by atoms with Crippen molar-refractivity contribution >= 4 is 35.2 Å². The Morgan fingerprint density at radius 2 is 2.12 bits per heavy atom. The number of unbranched alkanes of at least 4 members (excludes halogenated alkanes) is 3. The molecule has 1 aliphatic rings. The zero-order valence-electron chi connectivity index (χ0n) is 20.2. The first-order valence-electron chi connectivity index (χ1n) is 11.9. The van der Waals surface area contributed by atoms with E-state index in [1.54, 1.807) is 10.3 Å². The number of ether oxygens (including phenoxy) is 2. The predicted octanol–water partition coefficient (Wildman–Crippen LogP) is 5.68. The first-order chi connectivity index (χ1) is 15.8. The van der Waals surface area contributed by atoms with E-state index in [9.17, 15) is 14.7 Å². The van der Waals surface area contributed by atoms with Crippen molar-refractivity contribution in [3.05, 3.63) is 23.2 Å². The molecule has 0 bridgehead atoms. The van der Waals surface area contributed by atoms with Gasteiger partial charge in [0.2, 0.25) is 0 Å². The number of aromatic nitrogens is 1. The fourth-order valence-electron chi connectivity index (χ4n) is 3.52. The second-order valence-electron chi connectivity index (χ2n) is 8.70. The van der Waals surface area contributed by atoms with Gasteiger partial charge in [-0.05, 0) is 33.1 Å². The smallest absolute Gasteiger partial charge is 0.410 e. The molecule has 33 heavy (non-hydrogen) atoms. The third-order valence-corrected chi connectivity index (χ3v) is 7.55. The van der Waals surface area contributed by atoms with E-state index >= 15 is 0 Å². The number of rotatable bonds is 15. The van der Waals surface area contributed by atoms with E-state index in [0.29, 0.717) is 31.0 Å². The summed E-state index contributed by atoms with van der Waals surface area (Å²) in [5.41, 5.74) is -0.404. The van der Waals surface area contributed by atoms with Crippen molar-refractivity contribution in [2.24, 2.45) is 0 Å². The van der Waals surface area contributed by atoms with Crippen molar-refractivity contribution in [1.82, 2.24) is 9.88 Å². The first kappa shape index (κ1) is 27.7. The van der Waals surface area contributed by atoms with Crippen LogP contribution in [-0.2, 0) is 9.47 Å². The molecular weight excluding hydrogens is 460 g/mol. The maximum Gasteiger partial charge on any atom is 0.410 e. The minimum Gasteiger partial charge on any atom is -0.461 e. The third kappa shape index (κ3) is 9.29. The van der Waals surface area contributed by atoms with Crippen LogP contribution in [0.15, 0.2) is 21.9 Å². The van der Waals surface area contributed by atoms with Gasteiger partial charge in [0.25, 0.3) is 0 Å². The molecule has 1 N–H and O–H groups in total. The van der Waals surface area contributed by atoms with Gasteiger partial charge in [-0.3, -0.25) is 4.90 Å². The number of hydrogen-bond donors (Lipinski definition) is 1. The summed E-state index contributed by atoms with van der Waals surface area (Å²) in [6, 6.07) is -0.162. The van der Waals surface area contributed by atoms with Gasteiger partial charge in [-0.25, -0.2) is 14.6 Å². The van der Waals surface area contributed by atoms with E-state index in [1.807, 2.05) is 32.9 Å². The molecule has 3 atom stereocenters. The minimum absolute atomic E-state index is 0.162. The number of nitrogens with zero attached hydrogens (tertiary/aromatic N) is 2. The third-order valence-electron chi connectivity index (χ3n) is 5.55. The molecule has 1 amide bonds. The molecule has 7 nitrogen and oxygen atoms in total. The maximum absolute atomic E-state index is 12.3. The summed E-state index contributed by atoms with van der Waals surface area (Å²) >= 11 is 2.91. The molecule has 0 spiro atoms. The van der Waals surface area contributed by atoms with Crippen LogP contribution >= 0.6 is 23.1 Å². The highest BCUT2D eigenvalue weighted by Gasteiger charge is 2.37. The Morgan fingerprint density at radius 1 is 1.36 bits per heavy atom. The molecule has 1 aliphatic heterocycles. The zero-order valence-corrected chi connectivity index (χ0v) is 21.9. The van der Waals surface area contributed by atoms with Gasteiger partial charge in [0.1, 0.15) is 6.10 Å². The Morgan fingerprint density at radius 3 is 2.85 bits per heavy atom. The van der Waals surface area contributed by atoms with Crippen LogP contribution in [0.25, 0.3) is 0 Å². The summed E-state index contributed by atoms with van der Waals surface area (Å²) in [6.07, 6.45) is 9.75. The second kappa shape index (κ2) is 14.0. The number of esters is 1.